The molecule has 3 nitrogen and oxygen atoms in total. The van der Waals surface area contributed by atoms with E-state index >= 15 is 0 Å². The quantitative estimate of drug-likeness (QED) is 0.399. The molecule has 0 spiro atoms. The normalized spacial score (nSPS) is 15.6. The Hall–Kier alpha value is 0.878. The van der Waals surface area contributed by atoms with Crippen LogP contribution in [0.3, 0.4) is 0 Å². The monoisotopic (exact) mass is 230 g/mol. The van der Waals surface area contributed by atoms with Crippen LogP contribution >= 0.6 is 21.6 Å². The summed E-state index contributed by atoms with van der Waals surface area (Å²) < 4.78 is 21.9. The van der Waals surface area contributed by atoms with Gasteiger partial charge in [-0.3, -0.25) is 0 Å². The number of hydrogen-bond acceptors (Lipinski definition) is 5. The van der Waals surface area contributed by atoms with Gasteiger partial charge in [0.05, 0.1) is 0 Å². The second-order valence-corrected chi connectivity index (χ2v) is 4.46. The fourth-order valence-electron chi connectivity index (χ4n) is 0.196. The molecular formula is C3H7AsO3S2. The van der Waals surface area contributed by atoms with Gasteiger partial charge in [-0.05, 0) is 5.41 Å². The van der Waals surface area contributed by atoms with Crippen molar-refractivity contribution in [3.63, 3.8) is 0 Å². The van der Waals surface area contributed by atoms with Crippen LogP contribution in [-0.2, 0) is 0 Å². The summed E-state index contributed by atoms with van der Waals surface area (Å²) in [6, 6.07) is 0. The molecule has 9 heavy (non-hydrogen) atoms. The standard InChI is InChI=1S/C3H4S2.AsH3O3/c1-2-4-5-3-1;2-1(3)4/h1-2H,3H2;2-4H. The van der Waals surface area contributed by atoms with E-state index in [0.717, 1.165) is 0 Å². The van der Waals surface area contributed by atoms with Crippen LogP contribution in [0.15, 0.2) is 11.5 Å². The van der Waals surface area contributed by atoms with E-state index in [1.165, 1.54) is 5.75 Å². The van der Waals surface area contributed by atoms with Crippen molar-refractivity contribution in [2.45, 2.75) is 0 Å². The summed E-state index contributed by atoms with van der Waals surface area (Å²) in [5, 5.41) is 2.12. The third-order valence-electron chi connectivity index (χ3n) is 0.384. The van der Waals surface area contributed by atoms with Crippen LogP contribution < -0.4 is 0 Å². The Balaban J connectivity index is 0.000000148. The van der Waals surface area contributed by atoms with Crippen LogP contribution in [0.2, 0.25) is 0 Å². The van der Waals surface area contributed by atoms with E-state index in [0.29, 0.717) is 0 Å². The van der Waals surface area contributed by atoms with Crippen LogP contribution in [0.25, 0.3) is 0 Å². The molecular weight excluding hydrogens is 223 g/mol. The van der Waals surface area contributed by atoms with E-state index in [-0.39, 0.29) is 0 Å². The van der Waals surface area contributed by atoms with Crippen LogP contribution in [0.4, 0.5) is 0 Å². The van der Waals surface area contributed by atoms with Crippen molar-refractivity contribution < 1.29 is 12.3 Å². The van der Waals surface area contributed by atoms with Crippen molar-refractivity contribution in [1.82, 2.24) is 0 Å². The van der Waals surface area contributed by atoms with Crippen molar-refractivity contribution in [3.8, 4) is 0 Å². The van der Waals surface area contributed by atoms with Gasteiger partial charge in [-0.2, -0.15) is 0 Å². The van der Waals surface area contributed by atoms with Crippen molar-refractivity contribution in [2.24, 2.45) is 0 Å². The SMILES string of the molecule is C1=CSSC1.O[As](O)O. The van der Waals surface area contributed by atoms with E-state index in [1.54, 1.807) is 0 Å². The molecule has 0 bridgehead atoms. The molecule has 6 heteroatoms. The van der Waals surface area contributed by atoms with Gasteiger partial charge < -0.3 is 0 Å². The summed E-state index contributed by atoms with van der Waals surface area (Å²) in [6.07, 6.45) is 2.16. The fourth-order valence-corrected chi connectivity index (χ4v) is 1.77. The molecule has 0 aliphatic carbocycles. The Labute approximate surface area is 66.9 Å². The Morgan fingerprint density at radius 1 is 1.33 bits per heavy atom. The summed E-state index contributed by atoms with van der Waals surface area (Å²) >= 11 is -3.19. The van der Waals surface area contributed by atoms with E-state index in [1.807, 2.05) is 21.6 Å². The second kappa shape index (κ2) is 6.99. The van der Waals surface area contributed by atoms with E-state index < -0.39 is 15.7 Å². The minimum absolute atomic E-state index is 1.20. The van der Waals surface area contributed by atoms with Crippen molar-refractivity contribution in [2.75, 3.05) is 5.75 Å². The fraction of sp³-hybridized carbons (Fsp3) is 0.333. The predicted molar refractivity (Wildman–Crippen MR) is 41.6 cm³/mol. The van der Waals surface area contributed by atoms with Crippen LogP contribution in [0.5, 0.6) is 0 Å². The van der Waals surface area contributed by atoms with Crippen molar-refractivity contribution in [1.29, 1.82) is 0 Å². The van der Waals surface area contributed by atoms with E-state index in [4.69, 9.17) is 12.3 Å². The molecule has 1 heterocycles. The molecule has 54 valence electrons. The van der Waals surface area contributed by atoms with Gasteiger partial charge in [0.25, 0.3) is 0 Å². The average Bonchev–Trinajstić information content (AvgIpc) is 2.11. The first-order chi connectivity index (χ1) is 4.23. The summed E-state index contributed by atoms with van der Waals surface area (Å²) in [5.41, 5.74) is 0. The molecule has 0 aromatic rings. The van der Waals surface area contributed by atoms with Gasteiger partial charge in [0.1, 0.15) is 0 Å². The Bertz CT molecular complexity index is 78.4. The first-order valence-corrected chi connectivity index (χ1v) is 6.93. The Morgan fingerprint density at radius 2 is 1.89 bits per heavy atom. The first-order valence-electron chi connectivity index (χ1n) is 2.03. The molecule has 0 saturated heterocycles. The zero-order chi connectivity index (χ0) is 7.11. The maximum absolute atomic E-state index is 7.31. The molecule has 0 aromatic heterocycles. The maximum atomic E-state index is 7.31. The third-order valence-corrected chi connectivity index (χ3v) is 2.30. The molecule has 3 N–H and O–H groups in total. The zero-order valence-corrected chi connectivity index (χ0v) is 7.98. The van der Waals surface area contributed by atoms with Crippen LogP contribution in [0.1, 0.15) is 0 Å². The molecule has 0 unspecified atom stereocenters. The van der Waals surface area contributed by atoms with E-state index in [9.17, 15) is 0 Å². The minimum atomic E-state index is -3.19. The topological polar surface area (TPSA) is 60.7 Å². The van der Waals surface area contributed by atoms with Gasteiger partial charge in [0.2, 0.25) is 0 Å². The predicted octanol–water partition coefficient (Wildman–Crippen LogP) is -0.157. The molecule has 0 aromatic carbocycles. The third kappa shape index (κ3) is 12.2. The summed E-state index contributed by atoms with van der Waals surface area (Å²) in [4.78, 5) is 0. The van der Waals surface area contributed by atoms with Crippen molar-refractivity contribution in [3.05, 3.63) is 11.5 Å². The van der Waals surface area contributed by atoms with Crippen LogP contribution in [-0.4, -0.2) is 33.7 Å². The summed E-state index contributed by atoms with van der Waals surface area (Å²) in [7, 11) is 3.69. The molecule has 0 radical (unpaired) electrons. The molecule has 0 saturated carbocycles. The van der Waals surface area contributed by atoms with Crippen LogP contribution in [0, 0.1) is 0 Å². The van der Waals surface area contributed by atoms with Gasteiger partial charge in [-0.15, -0.1) is 0 Å². The van der Waals surface area contributed by atoms with Gasteiger partial charge in [-0.1, -0.05) is 27.7 Å². The van der Waals surface area contributed by atoms with Crippen molar-refractivity contribution >= 4 is 37.3 Å². The molecule has 0 fully saturated rings. The Kier molecular flexibility index (Phi) is 7.67. The molecule has 1 aliphatic heterocycles. The number of hydrogen-bond donors (Lipinski definition) is 3. The number of rotatable bonds is 0. The van der Waals surface area contributed by atoms with Gasteiger partial charge in [0, 0.05) is 5.75 Å². The molecule has 1 rings (SSSR count). The summed E-state index contributed by atoms with van der Waals surface area (Å²) in [6.45, 7) is 0. The molecule has 0 atom stereocenters. The Morgan fingerprint density at radius 3 is 2.00 bits per heavy atom. The molecule has 0 amide bonds. The van der Waals surface area contributed by atoms with E-state index in [2.05, 4.69) is 11.5 Å². The average molecular weight is 230 g/mol. The van der Waals surface area contributed by atoms with Gasteiger partial charge in [-0.25, -0.2) is 0 Å². The van der Waals surface area contributed by atoms with Gasteiger partial charge in [0.15, 0.2) is 0 Å². The van der Waals surface area contributed by atoms with Gasteiger partial charge >= 0.3 is 28.0 Å². The first kappa shape index (κ1) is 9.88. The summed E-state index contributed by atoms with van der Waals surface area (Å²) in [5.74, 6) is 1.20. The molecule has 1 aliphatic rings. The second-order valence-electron chi connectivity index (χ2n) is 1.02. The zero-order valence-electron chi connectivity index (χ0n) is 4.47.